The Hall–Kier alpha value is -1.16. The quantitative estimate of drug-likeness (QED) is 0.697. The molecule has 0 aliphatic carbocycles. The zero-order valence-corrected chi connectivity index (χ0v) is 8.31. The van der Waals surface area contributed by atoms with E-state index in [1.54, 1.807) is 19.1 Å². The van der Waals surface area contributed by atoms with Crippen molar-refractivity contribution in [3.05, 3.63) is 18.2 Å². The number of methoxy groups -OCH3 is 1. The molecule has 0 radical (unpaired) electrons. The molecule has 1 N–H and O–H groups in total. The van der Waals surface area contributed by atoms with Crippen molar-refractivity contribution in [1.82, 2.24) is 4.72 Å². The molecule has 0 spiro atoms. The van der Waals surface area contributed by atoms with Gasteiger partial charge in [-0.05, 0) is 31.0 Å². The number of nitrogens with zero attached hydrogens (tertiary/aromatic N) is 1. The van der Waals surface area contributed by atoms with E-state index in [4.69, 9.17) is 4.74 Å². The van der Waals surface area contributed by atoms with Crippen LogP contribution < -0.4 is 9.46 Å². The third-order valence-electron chi connectivity index (χ3n) is 1.76. The first kappa shape index (κ1) is 8.44. The Morgan fingerprint density at radius 3 is 3.08 bits per heavy atom. The minimum atomic E-state index is 0.845. The van der Waals surface area contributed by atoms with Crippen LogP contribution in [0.4, 0.5) is 5.69 Å². The van der Waals surface area contributed by atoms with Crippen LogP contribution in [0.3, 0.4) is 0 Å². The summed E-state index contributed by atoms with van der Waals surface area (Å²) in [6.45, 7) is 1.94. The highest BCUT2D eigenvalue weighted by atomic mass is 32.2. The van der Waals surface area contributed by atoms with Gasteiger partial charge in [0, 0.05) is 6.07 Å². The van der Waals surface area contributed by atoms with Gasteiger partial charge in [-0.25, -0.2) is 4.99 Å². The second-order valence-corrected chi connectivity index (χ2v) is 3.58. The van der Waals surface area contributed by atoms with E-state index < -0.39 is 0 Å². The summed E-state index contributed by atoms with van der Waals surface area (Å²) in [5.74, 6) is 1.77. The van der Waals surface area contributed by atoms with E-state index in [0.29, 0.717) is 0 Å². The van der Waals surface area contributed by atoms with Crippen molar-refractivity contribution in [3.8, 4) is 5.75 Å². The van der Waals surface area contributed by atoms with Crippen molar-refractivity contribution >= 4 is 23.5 Å². The third-order valence-corrected chi connectivity index (χ3v) is 2.73. The normalized spacial score (nSPS) is 14.2. The molecule has 1 aliphatic rings. The molecule has 68 valence electrons. The zero-order valence-electron chi connectivity index (χ0n) is 7.50. The number of fused-ring (bicyclic) bond motifs is 1. The highest BCUT2D eigenvalue weighted by Gasteiger charge is 2.09. The van der Waals surface area contributed by atoms with E-state index in [0.717, 1.165) is 22.2 Å². The smallest absolute Gasteiger partial charge is 0.121 e. The number of amidine groups is 1. The van der Waals surface area contributed by atoms with Crippen molar-refractivity contribution in [2.75, 3.05) is 7.11 Å². The van der Waals surface area contributed by atoms with Crippen LogP contribution in [-0.2, 0) is 0 Å². The lowest BCUT2D eigenvalue weighted by Gasteiger charge is -2.14. The highest BCUT2D eigenvalue weighted by Crippen LogP contribution is 2.34. The van der Waals surface area contributed by atoms with Gasteiger partial charge in [0.1, 0.15) is 11.6 Å². The Bertz CT molecular complexity index is 363. The van der Waals surface area contributed by atoms with Crippen LogP contribution in [0.5, 0.6) is 5.75 Å². The molecule has 0 unspecified atom stereocenters. The summed E-state index contributed by atoms with van der Waals surface area (Å²) in [6.07, 6.45) is 0. The van der Waals surface area contributed by atoms with Crippen molar-refractivity contribution in [1.29, 1.82) is 0 Å². The molecule has 0 fully saturated rings. The Morgan fingerprint density at radius 2 is 2.31 bits per heavy atom. The molecule has 0 saturated heterocycles. The van der Waals surface area contributed by atoms with Crippen LogP contribution in [0.2, 0.25) is 0 Å². The summed E-state index contributed by atoms with van der Waals surface area (Å²) in [6, 6.07) is 5.87. The topological polar surface area (TPSA) is 33.6 Å². The molecule has 3 nitrogen and oxygen atoms in total. The van der Waals surface area contributed by atoms with Crippen LogP contribution >= 0.6 is 11.9 Å². The molecule has 0 bridgehead atoms. The number of benzene rings is 1. The molecule has 0 saturated carbocycles. The van der Waals surface area contributed by atoms with Crippen molar-refractivity contribution in [2.24, 2.45) is 4.99 Å². The molecule has 1 aliphatic heterocycles. The highest BCUT2D eigenvalue weighted by molar-refractivity contribution is 7.98. The van der Waals surface area contributed by atoms with Gasteiger partial charge in [-0.15, -0.1) is 0 Å². The maximum Gasteiger partial charge on any atom is 0.121 e. The number of aliphatic imine (C=N–C) groups is 1. The van der Waals surface area contributed by atoms with E-state index in [1.807, 2.05) is 25.1 Å². The first-order valence-electron chi connectivity index (χ1n) is 3.96. The lowest BCUT2D eigenvalue weighted by Crippen LogP contribution is -2.13. The summed E-state index contributed by atoms with van der Waals surface area (Å²) in [5.41, 5.74) is 0.973. The lowest BCUT2D eigenvalue weighted by molar-refractivity contribution is 0.414. The monoisotopic (exact) mass is 194 g/mol. The van der Waals surface area contributed by atoms with Gasteiger partial charge in [-0.2, -0.15) is 0 Å². The second kappa shape index (κ2) is 3.30. The first-order chi connectivity index (χ1) is 6.29. The maximum atomic E-state index is 5.12. The largest absolute Gasteiger partial charge is 0.497 e. The molecular formula is C9H10N2OS. The van der Waals surface area contributed by atoms with Gasteiger partial charge in [0.05, 0.1) is 17.7 Å². The fraction of sp³-hybridized carbons (Fsp3) is 0.222. The van der Waals surface area contributed by atoms with Gasteiger partial charge in [-0.1, -0.05) is 0 Å². The van der Waals surface area contributed by atoms with E-state index in [-0.39, 0.29) is 0 Å². The first-order valence-corrected chi connectivity index (χ1v) is 4.77. The van der Waals surface area contributed by atoms with Gasteiger partial charge in [0.2, 0.25) is 0 Å². The van der Waals surface area contributed by atoms with Gasteiger partial charge in [0.25, 0.3) is 0 Å². The molecule has 0 atom stereocenters. The van der Waals surface area contributed by atoms with E-state index in [2.05, 4.69) is 9.71 Å². The predicted octanol–water partition coefficient (Wildman–Crippen LogP) is 2.36. The maximum absolute atomic E-state index is 5.12. The Morgan fingerprint density at radius 1 is 1.46 bits per heavy atom. The number of rotatable bonds is 1. The van der Waals surface area contributed by atoms with Crippen LogP contribution in [0.1, 0.15) is 6.92 Å². The van der Waals surface area contributed by atoms with Gasteiger partial charge < -0.3 is 9.46 Å². The summed E-state index contributed by atoms with van der Waals surface area (Å²) < 4.78 is 8.22. The SMILES string of the molecule is COc1ccc2c(c1)N=C(C)NS2. The third kappa shape index (κ3) is 1.62. The standard InChI is InChI=1S/C9H10N2OS/c1-6-10-8-5-7(12-2)3-4-9(8)13-11-6/h3-5H,1-2H3,(H,10,11). The molecule has 1 heterocycles. The summed E-state index contributed by atoms with van der Waals surface area (Å²) in [5, 5.41) is 0. The summed E-state index contributed by atoms with van der Waals surface area (Å²) >= 11 is 1.58. The van der Waals surface area contributed by atoms with Gasteiger partial charge >= 0.3 is 0 Å². The van der Waals surface area contributed by atoms with Crippen LogP contribution in [0.15, 0.2) is 28.1 Å². The van der Waals surface area contributed by atoms with Crippen molar-refractivity contribution < 1.29 is 4.74 Å². The van der Waals surface area contributed by atoms with Gasteiger partial charge in [0.15, 0.2) is 0 Å². The molecule has 1 aromatic carbocycles. The molecule has 0 amide bonds. The molecular weight excluding hydrogens is 184 g/mol. The van der Waals surface area contributed by atoms with E-state index >= 15 is 0 Å². The fourth-order valence-corrected chi connectivity index (χ4v) is 1.78. The van der Waals surface area contributed by atoms with Crippen molar-refractivity contribution in [3.63, 3.8) is 0 Å². The minimum absolute atomic E-state index is 0.845. The minimum Gasteiger partial charge on any atom is -0.497 e. The van der Waals surface area contributed by atoms with Crippen LogP contribution in [0, 0.1) is 0 Å². The molecule has 4 heteroatoms. The molecule has 1 aromatic rings. The molecule has 2 rings (SSSR count). The number of hydrogen-bond acceptors (Lipinski definition) is 4. The predicted molar refractivity (Wildman–Crippen MR) is 54.8 cm³/mol. The van der Waals surface area contributed by atoms with Crippen LogP contribution in [-0.4, -0.2) is 12.9 Å². The average Bonchev–Trinajstić information content (AvgIpc) is 2.16. The average molecular weight is 194 g/mol. The number of nitrogens with one attached hydrogen (secondary N) is 1. The molecule has 0 aromatic heterocycles. The Balaban J connectivity index is 2.45. The summed E-state index contributed by atoms with van der Waals surface area (Å²) in [4.78, 5) is 5.49. The summed E-state index contributed by atoms with van der Waals surface area (Å²) in [7, 11) is 1.66. The number of ether oxygens (including phenoxy) is 1. The zero-order chi connectivity index (χ0) is 9.26. The van der Waals surface area contributed by atoms with Crippen LogP contribution in [0.25, 0.3) is 0 Å². The second-order valence-electron chi connectivity index (χ2n) is 2.73. The lowest BCUT2D eigenvalue weighted by atomic mass is 10.3. The Kier molecular flexibility index (Phi) is 2.14. The number of hydrogen-bond donors (Lipinski definition) is 1. The fourth-order valence-electron chi connectivity index (χ4n) is 1.13. The Labute approximate surface area is 81.3 Å². The molecule has 13 heavy (non-hydrogen) atoms. The van der Waals surface area contributed by atoms with E-state index in [9.17, 15) is 0 Å². The van der Waals surface area contributed by atoms with Gasteiger partial charge in [-0.3, -0.25) is 0 Å². The van der Waals surface area contributed by atoms with Crippen molar-refractivity contribution in [2.45, 2.75) is 11.8 Å². The van der Waals surface area contributed by atoms with E-state index in [1.165, 1.54) is 0 Å².